The van der Waals surface area contributed by atoms with Gasteiger partial charge in [-0.2, -0.15) is 0 Å². The van der Waals surface area contributed by atoms with Gasteiger partial charge in [0, 0.05) is 34.4 Å². The van der Waals surface area contributed by atoms with Gasteiger partial charge in [-0.15, -0.1) is 0 Å². The topological polar surface area (TPSA) is 98.0 Å². The summed E-state index contributed by atoms with van der Waals surface area (Å²) in [6.45, 7) is 0.322. The molecule has 0 aliphatic carbocycles. The molecular formula is C21H17Cl2NO6. The molecule has 9 heteroatoms. The van der Waals surface area contributed by atoms with Crippen molar-refractivity contribution in [2.75, 3.05) is 14.2 Å². The number of fused-ring (bicyclic) bond motifs is 1. The van der Waals surface area contributed by atoms with Crippen LogP contribution in [0.25, 0.3) is 16.7 Å². The number of ether oxygens (including phenoxy) is 2. The van der Waals surface area contributed by atoms with Crippen LogP contribution >= 0.6 is 23.2 Å². The Labute approximate surface area is 181 Å². The summed E-state index contributed by atoms with van der Waals surface area (Å²) in [4.78, 5) is 22.5. The van der Waals surface area contributed by atoms with Gasteiger partial charge in [0.2, 0.25) is 0 Å². The van der Waals surface area contributed by atoms with Crippen LogP contribution in [-0.2, 0) is 16.1 Å². The zero-order valence-corrected chi connectivity index (χ0v) is 17.5. The number of carboxylic acids is 1. The molecule has 3 aromatic rings. The molecule has 0 bridgehead atoms. The van der Waals surface area contributed by atoms with Crippen LogP contribution in [0.5, 0.6) is 11.5 Å². The van der Waals surface area contributed by atoms with Crippen LogP contribution < -0.4 is 9.47 Å². The molecule has 0 amide bonds. The molecule has 0 aliphatic rings. The first-order valence-electron chi connectivity index (χ1n) is 8.62. The van der Waals surface area contributed by atoms with Gasteiger partial charge in [-0.25, -0.2) is 4.79 Å². The predicted octanol–water partition coefficient (Wildman–Crippen LogP) is 4.57. The Bertz CT molecular complexity index is 1180. The summed E-state index contributed by atoms with van der Waals surface area (Å²) in [6, 6.07) is 8.57. The number of rotatable bonds is 7. The van der Waals surface area contributed by atoms with Crippen LogP contribution in [-0.4, -0.2) is 40.8 Å². The average Bonchev–Trinajstić information content (AvgIpc) is 3.07. The molecule has 2 aromatic carbocycles. The van der Waals surface area contributed by atoms with E-state index in [0.29, 0.717) is 45.1 Å². The molecule has 1 heterocycles. The fourth-order valence-corrected chi connectivity index (χ4v) is 3.60. The van der Waals surface area contributed by atoms with Crippen LogP contribution in [0.15, 0.2) is 42.6 Å². The molecule has 156 valence electrons. The molecule has 0 unspecified atom stereocenters. The molecule has 1 aromatic heterocycles. The van der Waals surface area contributed by atoms with E-state index in [0.717, 1.165) is 5.56 Å². The summed E-state index contributed by atoms with van der Waals surface area (Å²) in [5.41, 5.74) is 1.63. The third kappa shape index (κ3) is 4.08. The SMILES string of the molecule is COc1ccc2c(c(C(O)=CC(=O)C(=O)O)cn2Cc2ccc(Cl)cc2Cl)c1OC. The van der Waals surface area contributed by atoms with Crippen LogP contribution in [0.1, 0.15) is 11.1 Å². The molecule has 0 atom stereocenters. The second kappa shape index (κ2) is 8.69. The molecule has 0 fully saturated rings. The maximum absolute atomic E-state index is 11.6. The highest BCUT2D eigenvalue weighted by Gasteiger charge is 2.21. The van der Waals surface area contributed by atoms with E-state index in [4.69, 9.17) is 37.8 Å². The molecule has 0 radical (unpaired) electrons. The van der Waals surface area contributed by atoms with Crippen molar-refractivity contribution in [2.45, 2.75) is 6.54 Å². The van der Waals surface area contributed by atoms with Gasteiger partial charge in [0.15, 0.2) is 11.5 Å². The number of hydrogen-bond donors (Lipinski definition) is 2. The van der Waals surface area contributed by atoms with E-state index in [-0.39, 0.29) is 5.56 Å². The van der Waals surface area contributed by atoms with E-state index in [1.807, 2.05) is 0 Å². The number of halogens is 2. The number of aliphatic hydroxyl groups is 1. The van der Waals surface area contributed by atoms with Crippen molar-refractivity contribution < 1.29 is 29.3 Å². The third-order valence-electron chi connectivity index (χ3n) is 4.50. The monoisotopic (exact) mass is 449 g/mol. The molecular weight excluding hydrogens is 433 g/mol. The lowest BCUT2D eigenvalue weighted by molar-refractivity contribution is -0.146. The van der Waals surface area contributed by atoms with Crippen molar-refractivity contribution >= 4 is 51.6 Å². The van der Waals surface area contributed by atoms with E-state index in [1.54, 1.807) is 41.1 Å². The Morgan fingerprint density at radius 3 is 2.43 bits per heavy atom. The van der Waals surface area contributed by atoms with E-state index >= 15 is 0 Å². The first-order valence-corrected chi connectivity index (χ1v) is 9.38. The van der Waals surface area contributed by atoms with Gasteiger partial charge in [0.25, 0.3) is 5.78 Å². The summed E-state index contributed by atoms with van der Waals surface area (Å²) < 4.78 is 12.6. The van der Waals surface area contributed by atoms with Crippen molar-refractivity contribution in [2.24, 2.45) is 0 Å². The molecule has 0 saturated carbocycles. The van der Waals surface area contributed by atoms with Crippen LogP contribution in [0, 0.1) is 0 Å². The number of hydrogen-bond acceptors (Lipinski definition) is 5. The standard InChI is InChI=1S/C21H17Cl2NO6/c1-29-18-6-5-15-19(20(18)30-2)13(16(25)8-17(26)21(27)28)10-24(15)9-11-3-4-12(22)7-14(11)23/h3-8,10,25H,9H2,1-2H3,(H,27,28). The van der Waals surface area contributed by atoms with E-state index in [2.05, 4.69) is 0 Å². The van der Waals surface area contributed by atoms with Gasteiger partial charge in [-0.05, 0) is 29.8 Å². The molecule has 30 heavy (non-hydrogen) atoms. The fraction of sp³-hybridized carbons (Fsp3) is 0.143. The van der Waals surface area contributed by atoms with Gasteiger partial charge >= 0.3 is 5.97 Å². The highest BCUT2D eigenvalue weighted by molar-refractivity contribution is 6.38. The van der Waals surface area contributed by atoms with Gasteiger partial charge in [0.05, 0.1) is 25.1 Å². The number of methoxy groups -OCH3 is 2. The number of aliphatic hydroxyl groups excluding tert-OH is 1. The second-order valence-electron chi connectivity index (χ2n) is 6.30. The zero-order chi connectivity index (χ0) is 22.0. The number of aliphatic carboxylic acids is 1. The number of carbonyl (C=O) groups excluding carboxylic acids is 1. The van der Waals surface area contributed by atoms with Crippen LogP contribution in [0.4, 0.5) is 0 Å². The average molecular weight is 450 g/mol. The Kier molecular flexibility index (Phi) is 6.24. The predicted molar refractivity (Wildman–Crippen MR) is 114 cm³/mol. The number of carboxylic acid groups (broad SMARTS) is 1. The van der Waals surface area contributed by atoms with Crippen molar-refractivity contribution in [3.8, 4) is 11.5 Å². The largest absolute Gasteiger partial charge is 0.507 e. The maximum Gasteiger partial charge on any atom is 0.376 e. The lowest BCUT2D eigenvalue weighted by Gasteiger charge is -2.11. The smallest absolute Gasteiger partial charge is 0.376 e. The lowest BCUT2D eigenvalue weighted by Crippen LogP contribution is -2.09. The van der Waals surface area contributed by atoms with Gasteiger partial charge in [0.1, 0.15) is 5.76 Å². The van der Waals surface area contributed by atoms with Crippen LogP contribution in [0.2, 0.25) is 10.0 Å². The molecule has 0 aliphatic heterocycles. The maximum atomic E-state index is 11.6. The molecule has 7 nitrogen and oxygen atoms in total. The first kappa shape index (κ1) is 21.5. The quantitative estimate of drug-likeness (QED) is 0.311. The highest BCUT2D eigenvalue weighted by Crippen LogP contribution is 2.40. The van der Waals surface area contributed by atoms with E-state index in [9.17, 15) is 14.7 Å². The summed E-state index contributed by atoms with van der Waals surface area (Å²) in [6.07, 6.45) is 2.23. The molecule has 0 saturated heterocycles. The van der Waals surface area contributed by atoms with Crippen LogP contribution in [0.3, 0.4) is 0 Å². The third-order valence-corrected chi connectivity index (χ3v) is 5.08. The normalized spacial score (nSPS) is 11.5. The Morgan fingerprint density at radius 2 is 1.83 bits per heavy atom. The minimum absolute atomic E-state index is 0.209. The first-order chi connectivity index (χ1) is 14.3. The van der Waals surface area contributed by atoms with E-state index < -0.39 is 17.5 Å². The summed E-state index contributed by atoms with van der Waals surface area (Å²) in [7, 11) is 2.91. The zero-order valence-electron chi connectivity index (χ0n) is 16.0. The van der Waals surface area contributed by atoms with E-state index in [1.165, 1.54) is 14.2 Å². The number of carbonyl (C=O) groups is 2. The molecule has 0 spiro atoms. The molecule has 3 rings (SSSR count). The Morgan fingerprint density at radius 1 is 1.10 bits per heavy atom. The number of nitrogens with zero attached hydrogens (tertiary/aromatic N) is 1. The minimum atomic E-state index is -1.68. The summed E-state index contributed by atoms with van der Waals surface area (Å²) >= 11 is 12.3. The van der Waals surface area contributed by atoms with Crippen molar-refractivity contribution in [3.63, 3.8) is 0 Å². The van der Waals surface area contributed by atoms with Crippen molar-refractivity contribution in [1.82, 2.24) is 4.57 Å². The van der Waals surface area contributed by atoms with Gasteiger partial charge in [-0.1, -0.05) is 29.3 Å². The van der Waals surface area contributed by atoms with Gasteiger partial charge in [-0.3, -0.25) is 4.79 Å². The Hall–Kier alpha value is -3.16. The van der Waals surface area contributed by atoms with Crippen molar-refractivity contribution in [1.29, 1.82) is 0 Å². The summed E-state index contributed by atoms with van der Waals surface area (Å²) in [5, 5.41) is 20.8. The number of aromatic nitrogens is 1. The lowest BCUT2D eigenvalue weighted by atomic mass is 10.1. The van der Waals surface area contributed by atoms with Gasteiger partial charge < -0.3 is 24.3 Å². The fourth-order valence-electron chi connectivity index (χ4n) is 3.13. The summed E-state index contributed by atoms with van der Waals surface area (Å²) in [5.74, 6) is -2.71. The van der Waals surface area contributed by atoms with Crippen molar-refractivity contribution in [3.05, 3.63) is 63.8 Å². The second-order valence-corrected chi connectivity index (χ2v) is 7.14. The minimum Gasteiger partial charge on any atom is -0.507 e. The number of benzene rings is 2. The number of ketones is 1. The molecule has 2 N–H and O–H groups in total. The highest BCUT2D eigenvalue weighted by atomic mass is 35.5. The Balaban J connectivity index is 2.24.